The Hall–Kier alpha value is -1.43. The van der Waals surface area contributed by atoms with Crippen LogP contribution in [0, 0.1) is 0 Å². The third-order valence-corrected chi connectivity index (χ3v) is 2.72. The van der Waals surface area contributed by atoms with E-state index in [0.717, 1.165) is 5.56 Å². The van der Waals surface area contributed by atoms with Gasteiger partial charge in [-0.1, -0.05) is 30.3 Å². The number of benzene rings is 1. The van der Waals surface area contributed by atoms with Gasteiger partial charge in [0.2, 0.25) is 5.91 Å². The van der Waals surface area contributed by atoms with Crippen molar-refractivity contribution in [2.24, 2.45) is 5.73 Å². The minimum absolute atomic E-state index is 0.134. The van der Waals surface area contributed by atoms with Crippen molar-refractivity contribution in [3.05, 3.63) is 35.9 Å². The highest BCUT2D eigenvalue weighted by atomic mass is 16.5. The molecule has 106 valence electrons. The highest BCUT2D eigenvalue weighted by Gasteiger charge is 2.17. The molecule has 1 rings (SSSR count). The van der Waals surface area contributed by atoms with E-state index in [-0.39, 0.29) is 12.5 Å². The Morgan fingerprint density at radius 2 is 2.05 bits per heavy atom. The molecular weight excluding hydrogens is 244 g/mol. The third kappa shape index (κ3) is 5.83. The van der Waals surface area contributed by atoms with Gasteiger partial charge in [0.1, 0.15) is 6.04 Å². The first kappa shape index (κ1) is 15.6. The zero-order chi connectivity index (χ0) is 14.1. The number of amides is 1. The molecule has 1 aromatic rings. The molecule has 0 aromatic heterocycles. The summed E-state index contributed by atoms with van der Waals surface area (Å²) in [5.74, 6) is -0.134. The summed E-state index contributed by atoms with van der Waals surface area (Å²) in [5, 5.41) is 0. The van der Waals surface area contributed by atoms with E-state index in [9.17, 15) is 4.79 Å². The number of nitrogens with two attached hydrogens (primary N) is 1. The van der Waals surface area contributed by atoms with Gasteiger partial charge in [-0.25, -0.2) is 0 Å². The average Bonchev–Trinajstić information content (AvgIpc) is 2.44. The molecule has 1 unspecified atom stereocenters. The van der Waals surface area contributed by atoms with Crippen LogP contribution in [0.1, 0.15) is 5.56 Å². The molecule has 0 fully saturated rings. The van der Waals surface area contributed by atoms with Gasteiger partial charge in [0.15, 0.2) is 0 Å². The van der Waals surface area contributed by atoms with Gasteiger partial charge in [0.25, 0.3) is 0 Å². The Bertz CT molecular complexity index is 370. The van der Waals surface area contributed by atoms with Crippen LogP contribution in [0.15, 0.2) is 30.3 Å². The maximum atomic E-state index is 11.8. The first-order chi connectivity index (χ1) is 9.15. The van der Waals surface area contributed by atoms with Gasteiger partial charge >= 0.3 is 0 Å². The number of nitrogens with zero attached hydrogens (tertiary/aromatic N) is 1. The summed E-state index contributed by atoms with van der Waals surface area (Å²) < 4.78 is 10.4. The molecule has 0 spiro atoms. The van der Waals surface area contributed by atoms with E-state index in [1.54, 1.807) is 11.9 Å². The molecule has 0 saturated carbocycles. The van der Waals surface area contributed by atoms with Crippen LogP contribution in [0.5, 0.6) is 0 Å². The lowest BCUT2D eigenvalue weighted by Gasteiger charge is -2.20. The molecule has 0 radical (unpaired) electrons. The number of carbonyl (C=O) groups excluding carboxylic acids is 1. The fourth-order valence-corrected chi connectivity index (χ4v) is 1.61. The second-order valence-corrected chi connectivity index (χ2v) is 4.36. The number of hydrogen-bond acceptors (Lipinski definition) is 4. The van der Waals surface area contributed by atoms with Crippen LogP contribution in [0.25, 0.3) is 0 Å². The molecule has 0 saturated heterocycles. The summed E-state index contributed by atoms with van der Waals surface area (Å²) in [7, 11) is 3.24. The van der Waals surface area contributed by atoms with Crippen LogP contribution in [0.4, 0.5) is 0 Å². The lowest BCUT2D eigenvalue weighted by molar-refractivity contribution is -0.133. The van der Waals surface area contributed by atoms with Crippen LogP contribution in [-0.4, -0.2) is 50.8 Å². The number of carbonyl (C=O) groups is 1. The summed E-state index contributed by atoms with van der Waals surface area (Å²) in [6, 6.07) is 9.31. The number of ether oxygens (including phenoxy) is 2. The zero-order valence-corrected chi connectivity index (χ0v) is 11.5. The average molecular weight is 266 g/mol. The molecule has 0 heterocycles. The fourth-order valence-electron chi connectivity index (χ4n) is 1.61. The van der Waals surface area contributed by atoms with Crippen LogP contribution < -0.4 is 5.73 Å². The molecule has 19 heavy (non-hydrogen) atoms. The van der Waals surface area contributed by atoms with Gasteiger partial charge in [0.05, 0.1) is 19.8 Å². The van der Waals surface area contributed by atoms with E-state index in [1.807, 2.05) is 30.3 Å². The smallest absolute Gasteiger partial charge is 0.241 e. The number of hydrogen-bond donors (Lipinski definition) is 1. The van der Waals surface area contributed by atoms with Gasteiger partial charge in [-0.2, -0.15) is 0 Å². The van der Waals surface area contributed by atoms with Gasteiger partial charge in [-0.3, -0.25) is 4.79 Å². The van der Waals surface area contributed by atoms with Crippen molar-refractivity contribution in [3.8, 4) is 0 Å². The zero-order valence-electron chi connectivity index (χ0n) is 11.5. The minimum atomic E-state index is -0.607. The van der Waals surface area contributed by atoms with Gasteiger partial charge in [0, 0.05) is 20.7 Å². The highest BCUT2D eigenvalue weighted by molar-refractivity contribution is 5.81. The van der Waals surface area contributed by atoms with Crippen molar-refractivity contribution >= 4 is 5.91 Å². The van der Waals surface area contributed by atoms with Gasteiger partial charge in [-0.15, -0.1) is 0 Å². The van der Waals surface area contributed by atoms with E-state index in [1.165, 1.54) is 7.11 Å². The third-order valence-electron chi connectivity index (χ3n) is 2.72. The second kappa shape index (κ2) is 8.63. The summed E-state index contributed by atoms with van der Waals surface area (Å²) in [6.45, 7) is 1.78. The van der Waals surface area contributed by atoms with E-state index in [0.29, 0.717) is 19.8 Å². The lowest BCUT2D eigenvalue weighted by Crippen LogP contribution is -2.45. The molecule has 0 aliphatic carbocycles. The van der Waals surface area contributed by atoms with Crippen LogP contribution in [0.2, 0.25) is 0 Å². The quantitative estimate of drug-likeness (QED) is 0.701. The van der Waals surface area contributed by atoms with Crippen LogP contribution in [0.3, 0.4) is 0 Å². The summed E-state index contributed by atoms with van der Waals surface area (Å²) in [5.41, 5.74) is 6.79. The van der Waals surface area contributed by atoms with E-state index < -0.39 is 6.04 Å². The monoisotopic (exact) mass is 266 g/mol. The van der Waals surface area contributed by atoms with E-state index >= 15 is 0 Å². The molecule has 1 aromatic carbocycles. The van der Waals surface area contributed by atoms with Crippen molar-refractivity contribution in [2.75, 3.05) is 33.9 Å². The Kier molecular flexibility index (Phi) is 7.10. The lowest BCUT2D eigenvalue weighted by atomic mass is 10.2. The normalized spacial score (nSPS) is 12.2. The van der Waals surface area contributed by atoms with Crippen LogP contribution in [-0.2, 0) is 20.9 Å². The first-order valence-electron chi connectivity index (χ1n) is 6.26. The molecule has 5 nitrogen and oxygen atoms in total. The van der Waals surface area contributed by atoms with Crippen molar-refractivity contribution in [3.63, 3.8) is 0 Å². The Labute approximate surface area is 114 Å². The van der Waals surface area contributed by atoms with Crippen molar-refractivity contribution in [1.82, 2.24) is 4.90 Å². The van der Waals surface area contributed by atoms with Crippen molar-refractivity contribution in [1.29, 1.82) is 0 Å². The molecule has 0 aliphatic rings. The van der Waals surface area contributed by atoms with Crippen LogP contribution >= 0.6 is 0 Å². The Morgan fingerprint density at radius 1 is 1.37 bits per heavy atom. The van der Waals surface area contributed by atoms with Crippen molar-refractivity contribution in [2.45, 2.75) is 12.6 Å². The molecule has 0 aliphatic heterocycles. The predicted molar refractivity (Wildman–Crippen MR) is 73.6 cm³/mol. The minimum Gasteiger partial charge on any atom is -0.383 e. The standard InChI is InChI=1S/C14H22N2O3/c1-16(14(17)13(15)11-18-2)8-9-19-10-12-6-4-3-5-7-12/h3-7,13H,8-11,15H2,1-2H3. The van der Waals surface area contributed by atoms with E-state index in [2.05, 4.69) is 0 Å². The fraction of sp³-hybridized carbons (Fsp3) is 0.500. The summed E-state index contributed by atoms with van der Waals surface area (Å²) in [6.07, 6.45) is 0. The second-order valence-electron chi connectivity index (χ2n) is 4.36. The number of rotatable bonds is 8. The summed E-state index contributed by atoms with van der Waals surface area (Å²) in [4.78, 5) is 13.3. The Morgan fingerprint density at radius 3 is 2.68 bits per heavy atom. The molecule has 5 heteroatoms. The maximum Gasteiger partial charge on any atom is 0.241 e. The summed E-state index contributed by atoms with van der Waals surface area (Å²) >= 11 is 0. The number of methoxy groups -OCH3 is 1. The SMILES string of the molecule is COCC(N)C(=O)N(C)CCOCc1ccccc1. The largest absolute Gasteiger partial charge is 0.383 e. The molecule has 1 atom stereocenters. The molecule has 0 bridgehead atoms. The number of likely N-dealkylation sites (N-methyl/N-ethyl adjacent to an activating group) is 1. The van der Waals surface area contributed by atoms with Gasteiger partial charge < -0.3 is 20.1 Å². The Balaban J connectivity index is 2.20. The molecular formula is C14H22N2O3. The molecule has 1 amide bonds. The van der Waals surface area contributed by atoms with Crippen molar-refractivity contribution < 1.29 is 14.3 Å². The maximum absolute atomic E-state index is 11.8. The topological polar surface area (TPSA) is 64.8 Å². The predicted octanol–water partition coefficient (Wildman–Crippen LogP) is 0.635. The molecule has 2 N–H and O–H groups in total. The highest BCUT2D eigenvalue weighted by Crippen LogP contribution is 2.00. The first-order valence-corrected chi connectivity index (χ1v) is 6.26. The van der Waals surface area contributed by atoms with Gasteiger partial charge in [-0.05, 0) is 5.56 Å². The van der Waals surface area contributed by atoms with E-state index in [4.69, 9.17) is 15.2 Å².